The number of nitrogens with zero attached hydrogens (tertiary/aromatic N) is 3. The highest BCUT2D eigenvalue weighted by molar-refractivity contribution is 5.97. The molecule has 0 fully saturated rings. The van der Waals surface area contributed by atoms with E-state index < -0.39 is 17.5 Å². The number of fused-ring (bicyclic) bond motifs is 1. The van der Waals surface area contributed by atoms with Crippen LogP contribution in [0.25, 0.3) is 0 Å². The topological polar surface area (TPSA) is 149 Å². The van der Waals surface area contributed by atoms with Gasteiger partial charge in [0.15, 0.2) is 5.56 Å². The Morgan fingerprint density at radius 2 is 1.55 bits per heavy atom. The summed E-state index contributed by atoms with van der Waals surface area (Å²) in [6, 6.07) is 23.7. The van der Waals surface area contributed by atoms with Crippen molar-refractivity contribution < 1.29 is 38.4 Å². The Balaban J connectivity index is 1.56. The Labute approximate surface area is 253 Å². The largest absolute Gasteiger partial charge is 0.480 e. The van der Waals surface area contributed by atoms with E-state index in [4.69, 9.17) is 18.9 Å². The maximum atomic E-state index is 13.7. The van der Waals surface area contributed by atoms with E-state index in [0.29, 0.717) is 11.3 Å². The Bertz CT molecular complexity index is 1650. The molecule has 3 aromatic carbocycles. The van der Waals surface area contributed by atoms with Crippen molar-refractivity contribution in [1.29, 1.82) is 0 Å². The first-order valence-corrected chi connectivity index (χ1v) is 13.5. The number of carbonyl (C=O) groups excluding carboxylic acids is 2. The zero-order valence-corrected chi connectivity index (χ0v) is 24.3. The fourth-order valence-corrected chi connectivity index (χ4v) is 5.15. The Hall–Kier alpha value is -5.49. The summed E-state index contributed by atoms with van der Waals surface area (Å²) < 4.78 is 21.3. The van der Waals surface area contributed by atoms with Gasteiger partial charge in [-0.3, -0.25) is 10.1 Å². The van der Waals surface area contributed by atoms with Gasteiger partial charge in [-0.1, -0.05) is 60.7 Å². The molecule has 5 rings (SSSR count). The van der Waals surface area contributed by atoms with Crippen molar-refractivity contribution in [3.8, 4) is 17.8 Å². The number of hydrogen-bond donors (Lipinski definition) is 2. The van der Waals surface area contributed by atoms with Gasteiger partial charge in [-0.15, -0.1) is 0 Å². The van der Waals surface area contributed by atoms with Gasteiger partial charge < -0.3 is 29.0 Å². The monoisotopic (exact) mass is 598 g/mol. The zero-order valence-electron chi connectivity index (χ0n) is 24.3. The number of carboxylic acid groups (broad SMARTS) is 1. The standard InChI is InChI=1S/C32H30N4O8/c1-41-27-26(29(38)39)28(42-2)35-31(34-27)44-19-32(22-9-5-4-6-10-22)23-11-7-8-12-24(23)36(25(37)17-33-32)18-20-13-15-21(16-14-20)30(40)43-3/h4-16,33H,17-19H2,1-3H3,(H,38,39)/t32-/m0/s1. The Morgan fingerprint density at radius 3 is 2.16 bits per heavy atom. The molecule has 12 heteroatoms. The van der Waals surface area contributed by atoms with Gasteiger partial charge in [0.1, 0.15) is 12.1 Å². The van der Waals surface area contributed by atoms with Gasteiger partial charge in [0, 0.05) is 11.3 Å². The SMILES string of the molecule is COC(=O)c1ccc(CN2C(=O)CN[C@@](COc3nc(OC)c(C(=O)O)c(OC)n3)(c3ccccc3)c3ccccc32)cc1. The molecule has 1 atom stereocenters. The summed E-state index contributed by atoms with van der Waals surface area (Å²) in [7, 11) is 3.90. The minimum absolute atomic E-state index is 0.0430. The van der Waals surface area contributed by atoms with Gasteiger partial charge in [0.05, 0.1) is 40.0 Å². The fourth-order valence-electron chi connectivity index (χ4n) is 5.15. The Morgan fingerprint density at radius 1 is 0.909 bits per heavy atom. The number of carboxylic acids is 1. The van der Waals surface area contributed by atoms with Crippen LogP contribution in [0.1, 0.15) is 37.4 Å². The van der Waals surface area contributed by atoms with Crippen molar-refractivity contribution in [2.45, 2.75) is 12.1 Å². The predicted molar refractivity (Wildman–Crippen MR) is 158 cm³/mol. The number of amides is 1. The molecule has 1 aromatic heterocycles. The molecule has 2 heterocycles. The number of hydrogen-bond acceptors (Lipinski definition) is 10. The third-order valence-electron chi connectivity index (χ3n) is 7.32. The van der Waals surface area contributed by atoms with E-state index in [2.05, 4.69) is 15.3 Å². The lowest BCUT2D eigenvalue weighted by Crippen LogP contribution is -2.49. The first-order valence-electron chi connectivity index (χ1n) is 13.5. The number of aromatic carboxylic acids is 1. The molecule has 0 saturated carbocycles. The molecule has 2 N–H and O–H groups in total. The van der Waals surface area contributed by atoms with E-state index in [-0.39, 0.29) is 48.9 Å². The molecule has 1 amide bonds. The quantitative estimate of drug-likeness (QED) is 0.259. The van der Waals surface area contributed by atoms with Gasteiger partial charge >= 0.3 is 17.9 Å². The van der Waals surface area contributed by atoms with Crippen LogP contribution in [0.3, 0.4) is 0 Å². The van der Waals surface area contributed by atoms with Gasteiger partial charge in [0.2, 0.25) is 17.7 Å². The molecule has 0 bridgehead atoms. The van der Waals surface area contributed by atoms with Crippen molar-refractivity contribution in [2.75, 3.05) is 39.4 Å². The smallest absolute Gasteiger partial charge is 0.346 e. The van der Waals surface area contributed by atoms with Crippen LogP contribution in [0, 0.1) is 0 Å². The van der Waals surface area contributed by atoms with Crippen LogP contribution in [-0.4, -0.2) is 67.4 Å². The van der Waals surface area contributed by atoms with E-state index in [1.807, 2.05) is 54.6 Å². The number of benzene rings is 3. The molecule has 0 radical (unpaired) electrons. The van der Waals surface area contributed by atoms with Crippen LogP contribution < -0.4 is 24.4 Å². The number of methoxy groups -OCH3 is 3. The molecule has 0 saturated heterocycles. The van der Waals surface area contributed by atoms with Crippen molar-refractivity contribution in [1.82, 2.24) is 15.3 Å². The number of ether oxygens (including phenoxy) is 4. The molecule has 44 heavy (non-hydrogen) atoms. The number of anilines is 1. The number of rotatable bonds is 10. The molecule has 226 valence electrons. The highest BCUT2D eigenvalue weighted by Gasteiger charge is 2.42. The molecular weight excluding hydrogens is 568 g/mol. The molecule has 0 spiro atoms. The summed E-state index contributed by atoms with van der Waals surface area (Å²) in [5.41, 5.74) is 2.05. The van der Waals surface area contributed by atoms with Crippen LogP contribution in [-0.2, 0) is 21.6 Å². The van der Waals surface area contributed by atoms with Crippen molar-refractivity contribution in [3.05, 3.63) is 107 Å². The van der Waals surface area contributed by atoms with Gasteiger partial charge in [-0.05, 0) is 29.3 Å². The predicted octanol–water partition coefficient (Wildman–Crippen LogP) is 3.44. The summed E-state index contributed by atoms with van der Waals surface area (Å²) in [4.78, 5) is 47.4. The highest BCUT2D eigenvalue weighted by atomic mass is 16.5. The molecule has 0 aliphatic carbocycles. The zero-order chi connectivity index (χ0) is 31.3. The van der Waals surface area contributed by atoms with Crippen LogP contribution in [0.4, 0.5) is 5.69 Å². The average Bonchev–Trinajstić information content (AvgIpc) is 3.18. The normalized spacial score (nSPS) is 16.0. The molecule has 0 unspecified atom stereocenters. The maximum Gasteiger partial charge on any atom is 0.346 e. The maximum absolute atomic E-state index is 13.7. The average molecular weight is 599 g/mol. The summed E-state index contributed by atoms with van der Waals surface area (Å²) >= 11 is 0. The number of esters is 1. The summed E-state index contributed by atoms with van der Waals surface area (Å²) in [5.74, 6) is -2.38. The van der Waals surface area contributed by atoms with E-state index >= 15 is 0 Å². The fraction of sp³-hybridized carbons (Fsp3) is 0.219. The molecule has 1 aliphatic heterocycles. The second-order valence-corrected chi connectivity index (χ2v) is 9.80. The van der Waals surface area contributed by atoms with Crippen LogP contribution >= 0.6 is 0 Å². The second kappa shape index (κ2) is 12.8. The van der Waals surface area contributed by atoms with Crippen molar-refractivity contribution in [2.24, 2.45) is 0 Å². The van der Waals surface area contributed by atoms with Gasteiger partial charge in [-0.2, -0.15) is 9.97 Å². The van der Waals surface area contributed by atoms with Crippen LogP contribution in [0.15, 0.2) is 78.9 Å². The highest BCUT2D eigenvalue weighted by Crippen LogP contribution is 2.39. The molecule has 1 aliphatic rings. The summed E-state index contributed by atoms with van der Waals surface area (Å²) in [5, 5.41) is 13.1. The third-order valence-corrected chi connectivity index (χ3v) is 7.32. The summed E-state index contributed by atoms with van der Waals surface area (Å²) in [6.07, 6.45) is 0. The van der Waals surface area contributed by atoms with Crippen molar-refractivity contribution in [3.63, 3.8) is 0 Å². The number of nitrogens with one attached hydrogen (secondary N) is 1. The lowest BCUT2D eigenvalue weighted by molar-refractivity contribution is -0.118. The van der Waals surface area contributed by atoms with E-state index in [9.17, 15) is 19.5 Å². The van der Waals surface area contributed by atoms with E-state index in [0.717, 1.165) is 16.7 Å². The Kier molecular flexibility index (Phi) is 8.72. The molecule has 12 nitrogen and oxygen atoms in total. The lowest BCUT2D eigenvalue weighted by Gasteiger charge is -2.35. The van der Waals surface area contributed by atoms with Crippen LogP contribution in [0.2, 0.25) is 0 Å². The minimum atomic E-state index is -1.32. The van der Waals surface area contributed by atoms with Gasteiger partial charge in [-0.25, -0.2) is 9.59 Å². The number of aromatic nitrogens is 2. The van der Waals surface area contributed by atoms with E-state index in [1.165, 1.54) is 21.3 Å². The first-order chi connectivity index (χ1) is 21.3. The minimum Gasteiger partial charge on any atom is -0.480 e. The second-order valence-electron chi connectivity index (χ2n) is 9.80. The number of para-hydroxylation sites is 1. The summed E-state index contributed by atoms with van der Waals surface area (Å²) in [6.45, 7) is 0.124. The molecule has 4 aromatic rings. The van der Waals surface area contributed by atoms with E-state index in [1.54, 1.807) is 29.2 Å². The van der Waals surface area contributed by atoms with Gasteiger partial charge in [0.25, 0.3) is 0 Å². The number of carbonyl (C=O) groups is 3. The van der Waals surface area contributed by atoms with Crippen molar-refractivity contribution >= 4 is 23.5 Å². The van der Waals surface area contributed by atoms with Crippen LogP contribution in [0.5, 0.6) is 17.8 Å². The third kappa shape index (κ3) is 5.75. The lowest BCUT2D eigenvalue weighted by atomic mass is 9.82. The first kappa shape index (κ1) is 30.0. The molecular formula is C32H30N4O8.